The molecule has 1 atom stereocenters. The fourth-order valence-electron chi connectivity index (χ4n) is 2.57. The summed E-state index contributed by atoms with van der Waals surface area (Å²) in [6.45, 7) is 4.13. The Kier molecular flexibility index (Phi) is 4.28. The van der Waals surface area contributed by atoms with E-state index in [1.54, 1.807) is 16.8 Å². The number of aliphatic hydroxyl groups is 1. The molecule has 0 amide bonds. The van der Waals surface area contributed by atoms with E-state index in [1.165, 1.54) is 7.05 Å². The third kappa shape index (κ3) is 3.48. The normalized spacial score (nSPS) is 15.9. The number of aliphatic hydroxyl groups excluding tert-OH is 1. The van der Waals surface area contributed by atoms with Crippen molar-refractivity contribution in [2.75, 3.05) is 7.05 Å². The van der Waals surface area contributed by atoms with Gasteiger partial charge in [-0.15, -0.1) is 0 Å². The summed E-state index contributed by atoms with van der Waals surface area (Å²) in [6.07, 6.45) is 3.41. The molecule has 6 nitrogen and oxygen atoms in total. The first-order valence-corrected chi connectivity index (χ1v) is 8.00. The van der Waals surface area contributed by atoms with Gasteiger partial charge >= 0.3 is 0 Å². The van der Waals surface area contributed by atoms with Gasteiger partial charge in [0.05, 0.1) is 11.4 Å². The lowest BCUT2D eigenvalue weighted by atomic mass is 10.1. The monoisotopic (exact) mass is 315 g/mol. The Morgan fingerprint density at radius 3 is 2.48 bits per heavy atom. The topological polar surface area (TPSA) is 70.2 Å². The van der Waals surface area contributed by atoms with E-state index >= 15 is 0 Å². The molecule has 1 aromatic heterocycles. The summed E-state index contributed by atoms with van der Waals surface area (Å²) in [5.41, 5.74) is 3.16. The summed E-state index contributed by atoms with van der Waals surface area (Å²) >= 11 is 0. The third-order valence-electron chi connectivity index (χ3n) is 4.06. The molecule has 2 N–H and O–H groups in total. The van der Waals surface area contributed by atoms with Crippen molar-refractivity contribution in [3.05, 3.63) is 46.6 Å². The van der Waals surface area contributed by atoms with Crippen molar-refractivity contribution in [1.29, 1.82) is 0 Å². The van der Waals surface area contributed by atoms with Gasteiger partial charge in [0, 0.05) is 39.6 Å². The molecule has 0 saturated heterocycles. The summed E-state index contributed by atoms with van der Waals surface area (Å²) in [6, 6.07) is 7.64. The molecule has 3 rings (SSSR count). The van der Waals surface area contributed by atoms with Gasteiger partial charge in [0.2, 0.25) is 0 Å². The second-order valence-corrected chi connectivity index (χ2v) is 6.43. The van der Waals surface area contributed by atoms with Gasteiger partial charge in [-0.3, -0.25) is 5.32 Å². The Morgan fingerprint density at radius 2 is 1.96 bits per heavy atom. The number of benzene rings is 1. The first-order chi connectivity index (χ1) is 11.0. The third-order valence-corrected chi connectivity index (χ3v) is 4.06. The van der Waals surface area contributed by atoms with Crippen LogP contribution in [0.5, 0.6) is 0 Å². The Bertz CT molecular complexity index is 702. The number of hydrogen-bond donors (Lipinski definition) is 2. The van der Waals surface area contributed by atoms with Gasteiger partial charge in [-0.1, -0.05) is 13.8 Å². The highest BCUT2D eigenvalue weighted by Gasteiger charge is 2.27. The number of nitrogens with zero attached hydrogens (tertiary/aromatic N) is 3. The van der Waals surface area contributed by atoms with Crippen LogP contribution in [0.4, 0.5) is 5.69 Å². The Balaban J connectivity index is 1.91. The fourth-order valence-corrected chi connectivity index (χ4v) is 2.57. The molecular formula is C17H23N4O2+. The van der Waals surface area contributed by atoms with E-state index in [-0.39, 0.29) is 5.92 Å². The van der Waals surface area contributed by atoms with Gasteiger partial charge < -0.3 is 5.11 Å². The van der Waals surface area contributed by atoms with Gasteiger partial charge in [-0.05, 0) is 30.9 Å². The lowest BCUT2D eigenvalue weighted by molar-refractivity contribution is -0.428. The molecular weight excluding hydrogens is 292 g/mol. The Morgan fingerprint density at radius 1 is 1.30 bits per heavy atom. The fraction of sp³-hybridized carbons (Fsp3) is 0.471. The highest BCUT2D eigenvalue weighted by Crippen LogP contribution is 2.28. The van der Waals surface area contributed by atoms with E-state index in [1.807, 2.05) is 18.3 Å². The quantitative estimate of drug-likeness (QED) is 0.635. The predicted octanol–water partition coefficient (Wildman–Crippen LogP) is 2.78. The van der Waals surface area contributed by atoms with E-state index in [0.29, 0.717) is 11.7 Å². The maximum absolute atomic E-state index is 11.3. The van der Waals surface area contributed by atoms with Crippen molar-refractivity contribution in [2.24, 2.45) is 0 Å². The largest absolute Gasteiger partial charge is 0.374 e. The van der Waals surface area contributed by atoms with Crippen molar-refractivity contribution in [2.45, 2.75) is 44.9 Å². The van der Waals surface area contributed by atoms with E-state index < -0.39 is 6.23 Å². The van der Waals surface area contributed by atoms with Crippen LogP contribution in [-0.2, 0) is 0 Å². The van der Waals surface area contributed by atoms with Crippen LogP contribution in [0, 0.1) is 4.91 Å². The van der Waals surface area contributed by atoms with E-state index in [0.717, 1.165) is 34.5 Å². The van der Waals surface area contributed by atoms with Crippen LogP contribution < -0.4 is 5.32 Å². The Labute approximate surface area is 135 Å². The van der Waals surface area contributed by atoms with Crippen LogP contribution in [0.25, 0.3) is 5.69 Å². The molecule has 0 radical (unpaired) electrons. The average Bonchev–Trinajstić information content (AvgIpc) is 3.21. The summed E-state index contributed by atoms with van der Waals surface area (Å²) in [5.74, 6) is 0.217. The van der Waals surface area contributed by atoms with Crippen LogP contribution >= 0.6 is 0 Å². The summed E-state index contributed by atoms with van der Waals surface area (Å²) in [4.78, 5) is 11.3. The molecule has 2 aromatic rings. The molecule has 1 saturated carbocycles. The number of hydrogen-bond acceptors (Lipinski definition) is 4. The zero-order valence-electron chi connectivity index (χ0n) is 13.7. The molecule has 0 spiro atoms. The smallest absolute Gasteiger partial charge is 0.255 e. The minimum atomic E-state index is -0.694. The van der Waals surface area contributed by atoms with Crippen molar-refractivity contribution < 1.29 is 9.87 Å². The Hall–Kier alpha value is -2.05. The van der Waals surface area contributed by atoms with E-state index in [2.05, 4.69) is 24.3 Å². The summed E-state index contributed by atoms with van der Waals surface area (Å²) in [7, 11) is 1.47. The van der Waals surface area contributed by atoms with Crippen LogP contribution in [0.3, 0.4) is 0 Å². The zero-order valence-corrected chi connectivity index (χ0v) is 13.7. The summed E-state index contributed by atoms with van der Waals surface area (Å²) in [5, 5.41) is 18.3. The van der Waals surface area contributed by atoms with Crippen molar-refractivity contribution >= 4 is 5.69 Å². The molecule has 0 bridgehead atoms. The molecule has 1 aromatic carbocycles. The van der Waals surface area contributed by atoms with Crippen LogP contribution in [0.1, 0.15) is 50.1 Å². The average molecular weight is 315 g/mol. The van der Waals surface area contributed by atoms with Crippen molar-refractivity contribution in [1.82, 2.24) is 15.1 Å². The SMILES string of the molecule is CC(C)c1nn(-c2ccc([N+](C)=O)cc2)cc1C(O)NC1CC1. The van der Waals surface area contributed by atoms with E-state index in [4.69, 9.17) is 0 Å². The van der Waals surface area contributed by atoms with Gasteiger partial charge in [-0.25, -0.2) is 4.68 Å². The van der Waals surface area contributed by atoms with Crippen LogP contribution in [0.2, 0.25) is 0 Å². The molecule has 1 aliphatic carbocycles. The standard InChI is InChI=1S/C17H23N4O2/c1-11(2)16-15(17(22)18-12-4-5-12)10-21(19-16)14-8-6-13(7-9-14)20(3)23/h6-12,17-18,22H,4-5H2,1-3H3/q+1. The molecule has 1 unspecified atom stereocenters. The van der Waals surface area contributed by atoms with Gasteiger partial charge in [0.25, 0.3) is 5.69 Å². The van der Waals surface area contributed by atoms with Crippen molar-refractivity contribution in [3.63, 3.8) is 0 Å². The first kappa shape index (κ1) is 15.8. The molecule has 1 aliphatic rings. The maximum Gasteiger partial charge on any atom is 0.255 e. The van der Waals surface area contributed by atoms with E-state index in [9.17, 15) is 10.0 Å². The van der Waals surface area contributed by atoms with Crippen LogP contribution in [-0.4, -0.2) is 32.7 Å². The molecule has 6 heteroatoms. The van der Waals surface area contributed by atoms with Gasteiger partial charge in [0.15, 0.2) is 7.05 Å². The first-order valence-electron chi connectivity index (χ1n) is 8.00. The highest BCUT2D eigenvalue weighted by molar-refractivity contribution is 5.41. The van der Waals surface area contributed by atoms with Crippen molar-refractivity contribution in [3.8, 4) is 5.69 Å². The lowest BCUT2D eigenvalue weighted by Gasteiger charge is -2.13. The number of rotatable bonds is 6. The number of nitroso groups, excluding NO2 is 1. The minimum Gasteiger partial charge on any atom is -0.374 e. The molecule has 1 heterocycles. The number of nitrogens with one attached hydrogen (secondary N) is 1. The molecule has 23 heavy (non-hydrogen) atoms. The highest BCUT2D eigenvalue weighted by atomic mass is 16.3. The minimum absolute atomic E-state index is 0.217. The maximum atomic E-state index is 11.3. The van der Waals surface area contributed by atoms with Gasteiger partial charge in [-0.2, -0.15) is 5.10 Å². The number of aromatic nitrogens is 2. The second kappa shape index (κ2) is 6.22. The lowest BCUT2D eigenvalue weighted by Crippen LogP contribution is -2.23. The predicted molar refractivity (Wildman–Crippen MR) is 88.0 cm³/mol. The summed E-state index contributed by atoms with van der Waals surface area (Å²) < 4.78 is 2.58. The van der Waals surface area contributed by atoms with Crippen LogP contribution in [0.15, 0.2) is 30.5 Å². The molecule has 0 aliphatic heterocycles. The molecule has 122 valence electrons. The zero-order chi connectivity index (χ0) is 16.6. The molecule has 1 fully saturated rings. The van der Waals surface area contributed by atoms with Gasteiger partial charge in [0.1, 0.15) is 6.23 Å². The second-order valence-electron chi connectivity index (χ2n) is 6.43.